The Balaban J connectivity index is 2.38. The van der Waals surface area contributed by atoms with Gasteiger partial charge in [-0.15, -0.1) is 0 Å². The Morgan fingerprint density at radius 1 is 1.20 bits per heavy atom. The number of aromatic hydroxyl groups is 1. The molecule has 4 N–H and O–H groups in total. The second-order valence-electron chi connectivity index (χ2n) is 3.95. The fraction of sp³-hybridized carbons (Fsp3) is 0. The van der Waals surface area contributed by atoms with Crippen LogP contribution in [0, 0.1) is 0 Å². The van der Waals surface area contributed by atoms with Crippen LogP contribution < -0.4 is 10.5 Å². The van der Waals surface area contributed by atoms with Crippen LogP contribution in [0.5, 0.6) is 5.75 Å². The maximum absolute atomic E-state index is 12.2. The molecule has 2 aromatic carbocycles. The molecule has 0 aromatic heterocycles. The molecule has 0 spiro atoms. The fourth-order valence-corrected chi connectivity index (χ4v) is 3.25. The Morgan fingerprint density at radius 2 is 1.90 bits per heavy atom. The highest BCUT2D eigenvalue weighted by atomic mass is 79.9. The zero-order chi connectivity index (χ0) is 14.9. The first-order valence-corrected chi connectivity index (χ1v) is 8.01. The van der Waals surface area contributed by atoms with E-state index in [4.69, 9.17) is 17.3 Å². The van der Waals surface area contributed by atoms with E-state index in [1.807, 2.05) is 0 Å². The fourth-order valence-electron chi connectivity index (χ4n) is 1.49. The van der Waals surface area contributed by atoms with Crippen molar-refractivity contribution in [3.05, 3.63) is 45.9 Å². The molecule has 106 valence electrons. The summed E-state index contributed by atoms with van der Waals surface area (Å²) in [6.07, 6.45) is 0. The summed E-state index contributed by atoms with van der Waals surface area (Å²) in [5.41, 5.74) is 5.96. The lowest BCUT2D eigenvalue weighted by molar-refractivity contribution is 0.475. The van der Waals surface area contributed by atoms with Crippen molar-refractivity contribution in [2.45, 2.75) is 4.90 Å². The number of phenols is 1. The number of phenolic OH excluding ortho intramolecular Hbond substituents is 1. The summed E-state index contributed by atoms with van der Waals surface area (Å²) in [5.74, 6) is -0.0420. The van der Waals surface area contributed by atoms with Crippen LogP contribution in [0.25, 0.3) is 0 Å². The van der Waals surface area contributed by atoms with Gasteiger partial charge in [0.15, 0.2) is 0 Å². The van der Waals surface area contributed by atoms with Crippen LogP contribution in [0.4, 0.5) is 11.4 Å². The molecule has 0 fully saturated rings. The number of hydrogen-bond acceptors (Lipinski definition) is 4. The molecule has 0 aliphatic carbocycles. The monoisotopic (exact) mass is 376 g/mol. The maximum Gasteiger partial charge on any atom is 0.262 e. The summed E-state index contributed by atoms with van der Waals surface area (Å²) >= 11 is 8.99. The molecule has 2 aromatic rings. The summed E-state index contributed by atoms with van der Waals surface area (Å²) in [4.78, 5) is 0.0428. The smallest absolute Gasteiger partial charge is 0.262 e. The Morgan fingerprint density at radius 3 is 2.50 bits per heavy atom. The van der Waals surface area contributed by atoms with Gasteiger partial charge in [-0.05, 0) is 46.3 Å². The average Bonchev–Trinajstić information content (AvgIpc) is 2.36. The van der Waals surface area contributed by atoms with E-state index in [-0.39, 0.29) is 22.0 Å². The first kappa shape index (κ1) is 15.0. The molecule has 0 saturated carbocycles. The normalized spacial score (nSPS) is 11.3. The number of sulfonamides is 1. The minimum absolute atomic E-state index is 0.0420. The van der Waals surface area contributed by atoms with E-state index in [9.17, 15) is 13.5 Å². The van der Waals surface area contributed by atoms with E-state index in [2.05, 4.69) is 20.7 Å². The van der Waals surface area contributed by atoms with Gasteiger partial charge < -0.3 is 10.8 Å². The first-order valence-electron chi connectivity index (χ1n) is 5.36. The molecule has 0 aliphatic heterocycles. The molecule has 0 radical (unpaired) electrons. The molecule has 0 amide bonds. The van der Waals surface area contributed by atoms with E-state index in [0.717, 1.165) is 0 Å². The zero-order valence-corrected chi connectivity index (χ0v) is 13.1. The van der Waals surface area contributed by atoms with Crippen molar-refractivity contribution in [2.75, 3.05) is 10.5 Å². The van der Waals surface area contributed by atoms with Crippen LogP contribution in [0.3, 0.4) is 0 Å². The molecule has 20 heavy (non-hydrogen) atoms. The van der Waals surface area contributed by atoms with Crippen molar-refractivity contribution >= 4 is 48.9 Å². The second-order valence-corrected chi connectivity index (χ2v) is 6.90. The Hall–Kier alpha value is -1.44. The molecule has 0 atom stereocenters. The minimum Gasteiger partial charge on any atom is -0.508 e. The molecule has 0 bridgehead atoms. The molecular weight excluding hydrogens is 368 g/mol. The third kappa shape index (κ3) is 3.17. The first-order chi connectivity index (χ1) is 9.29. The predicted octanol–water partition coefficient (Wildman–Crippen LogP) is 3.19. The third-order valence-corrected chi connectivity index (χ3v) is 5.06. The number of anilines is 2. The summed E-state index contributed by atoms with van der Waals surface area (Å²) in [6, 6.07) is 8.22. The SMILES string of the molecule is Nc1cc(O)ccc1NS(=O)(=O)c1ccc(Cl)c(Br)c1. The van der Waals surface area contributed by atoms with Crippen molar-refractivity contribution in [1.82, 2.24) is 0 Å². The zero-order valence-electron chi connectivity index (χ0n) is 9.97. The van der Waals surface area contributed by atoms with Gasteiger partial charge in [0.05, 0.1) is 21.3 Å². The van der Waals surface area contributed by atoms with E-state index < -0.39 is 10.0 Å². The quantitative estimate of drug-likeness (QED) is 0.566. The lowest BCUT2D eigenvalue weighted by atomic mass is 10.2. The van der Waals surface area contributed by atoms with Gasteiger partial charge in [-0.3, -0.25) is 4.72 Å². The van der Waals surface area contributed by atoms with Crippen molar-refractivity contribution in [3.63, 3.8) is 0 Å². The predicted molar refractivity (Wildman–Crippen MR) is 82.5 cm³/mol. The van der Waals surface area contributed by atoms with Gasteiger partial charge in [0, 0.05) is 10.5 Å². The van der Waals surface area contributed by atoms with Gasteiger partial charge in [0.1, 0.15) is 5.75 Å². The highest BCUT2D eigenvalue weighted by Gasteiger charge is 2.16. The average molecular weight is 378 g/mol. The summed E-state index contributed by atoms with van der Waals surface area (Å²) in [6.45, 7) is 0. The van der Waals surface area contributed by atoms with Crippen molar-refractivity contribution < 1.29 is 13.5 Å². The number of hydrogen-bond donors (Lipinski definition) is 3. The van der Waals surface area contributed by atoms with Gasteiger partial charge >= 0.3 is 0 Å². The summed E-state index contributed by atoms with van der Waals surface area (Å²) < 4.78 is 27.2. The molecule has 0 heterocycles. The van der Waals surface area contributed by atoms with Crippen LogP contribution in [-0.4, -0.2) is 13.5 Å². The van der Waals surface area contributed by atoms with Gasteiger partial charge in [-0.2, -0.15) is 0 Å². The van der Waals surface area contributed by atoms with Crippen molar-refractivity contribution in [3.8, 4) is 5.75 Å². The number of rotatable bonds is 3. The van der Waals surface area contributed by atoms with E-state index in [1.165, 1.54) is 36.4 Å². The third-order valence-electron chi connectivity index (χ3n) is 2.48. The number of nitrogens with two attached hydrogens (primary N) is 1. The minimum atomic E-state index is -3.79. The highest BCUT2D eigenvalue weighted by molar-refractivity contribution is 9.10. The van der Waals surface area contributed by atoms with Gasteiger partial charge in [0.2, 0.25) is 0 Å². The standard InChI is InChI=1S/C12H10BrClN2O3S/c13-9-6-8(2-3-10(9)14)20(18,19)16-12-4-1-7(17)5-11(12)15/h1-6,16-17H,15H2. The van der Waals surface area contributed by atoms with Crippen molar-refractivity contribution in [1.29, 1.82) is 0 Å². The lowest BCUT2D eigenvalue weighted by Crippen LogP contribution is -2.14. The maximum atomic E-state index is 12.2. The molecule has 0 aliphatic rings. The Kier molecular flexibility index (Phi) is 4.12. The number of nitrogens with one attached hydrogen (secondary N) is 1. The van der Waals surface area contributed by atoms with Gasteiger partial charge in [0.25, 0.3) is 10.0 Å². The van der Waals surface area contributed by atoms with Crippen LogP contribution in [-0.2, 0) is 10.0 Å². The highest BCUT2D eigenvalue weighted by Crippen LogP contribution is 2.29. The van der Waals surface area contributed by atoms with E-state index >= 15 is 0 Å². The Bertz CT molecular complexity index is 765. The molecular formula is C12H10BrClN2O3S. The number of nitrogen functional groups attached to an aromatic ring is 1. The molecule has 5 nitrogen and oxygen atoms in total. The summed E-state index contributed by atoms with van der Waals surface area (Å²) in [5, 5.41) is 9.65. The van der Waals surface area contributed by atoms with Crippen LogP contribution in [0.1, 0.15) is 0 Å². The number of benzene rings is 2. The van der Waals surface area contributed by atoms with Crippen LogP contribution >= 0.6 is 27.5 Å². The molecule has 8 heteroatoms. The summed E-state index contributed by atoms with van der Waals surface area (Å²) in [7, 11) is -3.79. The van der Waals surface area contributed by atoms with E-state index in [0.29, 0.717) is 9.50 Å². The molecule has 0 unspecified atom stereocenters. The Labute approximate surface area is 129 Å². The molecule has 2 rings (SSSR count). The lowest BCUT2D eigenvalue weighted by Gasteiger charge is -2.11. The van der Waals surface area contributed by atoms with Crippen LogP contribution in [0.15, 0.2) is 45.8 Å². The molecule has 0 saturated heterocycles. The second kappa shape index (κ2) is 5.51. The topological polar surface area (TPSA) is 92.4 Å². The van der Waals surface area contributed by atoms with Crippen LogP contribution in [0.2, 0.25) is 5.02 Å². The van der Waals surface area contributed by atoms with Gasteiger partial charge in [-0.25, -0.2) is 8.42 Å². The largest absolute Gasteiger partial charge is 0.508 e. The van der Waals surface area contributed by atoms with E-state index in [1.54, 1.807) is 0 Å². The van der Waals surface area contributed by atoms with Crippen molar-refractivity contribution in [2.24, 2.45) is 0 Å². The number of halogens is 2. The van der Waals surface area contributed by atoms with Gasteiger partial charge in [-0.1, -0.05) is 11.6 Å².